The summed E-state index contributed by atoms with van der Waals surface area (Å²) < 4.78 is 12.7. The van der Waals surface area contributed by atoms with Crippen LogP contribution in [0.25, 0.3) is 0 Å². The zero-order valence-corrected chi connectivity index (χ0v) is 24.9. The molecule has 0 aromatic heterocycles. The number of rotatable bonds is 20. The summed E-state index contributed by atoms with van der Waals surface area (Å²) in [6.45, 7) is 8.34. The van der Waals surface area contributed by atoms with Crippen molar-refractivity contribution >= 4 is 5.97 Å². The molecule has 2 atom stereocenters. The Labute approximate surface area is 233 Å². The first-order valence-electron chi connectivity index (χ1n) is 15.1. The lowest BCUT2D eigenvalue weighted by molar-refractivity contribution is -0.906. The molecule has 2 aromatic rings. The van der Waals surface area contributed by atoms with Gasteiger partial charge >= 0.3 is 5.97 Å². The molecule has 0 N–H and O–H groups in total. The fourth-order valence-corrected chi connectivity index (χ4v) is 5.03. The maximum absolute atomic E-state index is 12.9. The van der Waals surface area contributed by atoms with E-state index in [0.29, 0.717) is 0 Å². The Bertz CT molecular complexity index is 878. The van der Waals surface area contributed by atoms with Crippen LogP contribution in [0, 0.1) is 5.92 Å². The topological polar surface area (TPSA) is 35.5 Å². The molecule has 4 heteroatoms. The van der Waals surface area contributed by atoms with Gasteiger partial charge in [0, 0.05) is 5.56 Å². The van der Waals surface area contributed by atoms with Crippen molar-refractivity contribution in [2.45, 2.75) is 104 Å². The van der Waals surface area contributed by atoms with Gasteiger partial charge in [0.25, 0.3) is 0 Å². The number of unbranched alkanes of at least 4 members (excludes halogenated alkanes) is 7. The molecule has 0 amide bonds. The average molecular weight is 525 g/mol. The fraction of sp³-hybridized carbons (Fsp3) is 0.618. The van der Waals surface area contributed by atoms with Gasteiger partial charge in [-0.05, 0) is 43.4 Å². The molecule has 0 heterocycles. The number of hydrogen-bond donors (Lipinski definition) is 0. The molecule has 0 aliphatic carbocycles. The van der Waals surface area contributed by atoms with Crippen LogP contribution in [0.1, 0.15) is 96.1 Å². The van der Waals surface area contributed by atoms with Gasteiger partial charge < -0.3 is 14.0 Å². The second-order valence-corrected chi connectivity index (χ2v) is 11.5. The van der Waals surface area contributed by atoms with Crippen LogP contribution in [0.3, 0.4) is 0 Å². The SMILES string of the molecule is CCCCCCCCCCc1ccc(OC(CC)COC(=O)C(CC)C[N+](C)(C)Cc2ccccc2)cc1. The second-order valence-electron chi connectivity index (χ2n) is 11.5. The zero-order chi connectivity index (χ0) is 27.6. The Hall–Kier alpha value is -2.33. The lowest BCUT2D eigenvalue weighted by atomic mass is 10.0. The summed E-state index contributed by atoms with van der Waals surface area (Å²) in [5.41, 5.74) is 2.65. The highest BCUT2D eigenvalue weighted by molar-refractivity contribution is 5.72. The predicted molar refractivity (Wildman–Crippen MR) is 159 cm³/mol. The van der Waals surface area contributed by atoms with Crippen molar-refractivity contribution in [1.82, 2.24) is 0 Å². The average Bonchev–Trinajstić information content (AvgIpc) is 2.92. The first kappa shape index (κ1) is 31.9. The molecule has 2 rings (SSSR count). The van der Waals surface area contributed by atoms with Crippen molar-refractivity contribution in [3.05, 3.63) is 65.7 Å². The van der Waals surface area contributed by atoms with E-state index in [0.717, 1.165) is 42.6 Å². The van der Waals surface area contributed by atoms with E-state index >= 15 is 0 Å². The van der Waals surface area contributed by atoms with Gasteiger partial charge in [0.2, 0.25) is 0 Å². The third kappa shape index (κ3) is 13.0. The van der Waals surface area contributed by atoms with Crippen molar-refractivity contribution in [2.75, 3.05) is 27.2 Å². The van der Waals surface area contributed by atoms with Gasteiger partial charge in [0.1, 0.15) is 30.9 Å². The van der Waals surface area contributed by atoms with Gasteiger partial charge in [-0.25, -0.2) is 0 Å². The molecular weight excluding hydrogens is 470 g/mol. The maximum Gasteiger partial charge on any atom is 0.314 e. The van der Waals surface area contributed by atoms with Crippen LogP contribution in [0.5, 0.6) is 5.75 Å². The number of nitrogens with zero attached hydrogens (tertiary/aromatic N) is 1. The lowest BCUT2D eigenvalue weighted by Gasteiger charge is -2.32. The minimum absolute atomic E-state index is 0.116. The standard InChI is InChI=1S/C34H54NO3/c1-6-9-10-11-12-13-14-16-19-29-22-24-33(25-23-29)38-32(8-3)28-37-34(36)31(7-2)27-35(4,5)26-30-20-17-15-18-21-30/h15,17-18,20-25,31-32H,6-14,16,19,26-28H2,1-5H3/q+1. The van der Waals surface area contributed by atoms with Crippen molar-refractivity contribution < 1.29 is 18.8 Å². The van der Waals surface area contributed by atoms with E-state index in [1.165, 1.54) is 62.5 Å². The number of carbonyl (C=O) groups is 1. The summed E-state index contributed by atoms with van der Waals surface area (Å²) in [6.07, 6.45) is 13.3. The summed E-state index contributed by atoms with van der Waals surface area (Å²) in [5, 5.41) is 0. The highest BCUT2D eigenvalue weighted by Gasteiger charge is 2.28. The Morgan fingerprint density at radius 1 is 0.763 bits per heavy atom. The Morgan fingerprint density at radius 2 is 1.39 bits per heavy atom. The number of aryl methyl sites for hydroxylation is 1. The molecule has 4 nitrogen and oxygen atoms in total. The molecule has 0 fully saturated rings. The van der Waals surface area contributed by atoms with E-state index < -0.39 is 0 Å². The molecule has 0 aliphatic rings. The Balaban J connectivity index is 1.73. The smallest absolute Gasteiger partial charge is 0.314 e. The number of benzene rings is 2. The highest BCUT2D eigenvalue weighted by atomic mass is 16.6. The quantitative estimate of drug-likeness (QED) is 0.0991. The number of hydrogen-bond acceptors (Lipinski definition) is 3. The lowest BCUT2D eigenvalue weighted by Crippen LogP contribution is -2.45. The second kappa shape index (κ2) is 18.0. The minimum atomic E-state index is -0.137. The zero-order valence-electron chi connectivity index (χ0n) is 24.9. The van der Waals surface area contributed by atoms with E-state index in [-0.39, 0.29) is 24.6 Å². The van der Waals surface area contributed by atoms with Gasteiger partial charge in [-0.2, -0.15) is 0 Å². The summed E-state index contributed by atoms with van der Waals surface area (Å²) in [6, 6.07) is 18.9. The molecule has 2 aromatic carbocycles. The van der Waals surface area contributed by atoms with Crippen LogP contribution in [0.2, 0.25) is 0 Å². The van der Waals surface area contributed by atoms with Gasteiger partial charge in [0.05, 0.1) is 20.6 Å². The predicted octanol–water partition coefficient (Wildman–Crippen LogP) is 8.37. The monoisotopic (exact) mass is 524 g/mol. The molecule has 0 radical (unpaired) electrons. The van der Waals surface area contributed by atoms with Crippen molar-refractivity contribution in [1.29, 1.82) is 0 Å². The van der Waals surface area contributed by atoms with Crippen LogP contribution < -0.4 is 4.74 Å². The van der Waals surface area contributed by atoms with Crippen LogP contribution in [0.4, 0.5) is 0 Å². The molecule has 2 unspecified atom stereocenters. The number of quaternary nitrogens is 1. The third-order valence-electron chi connectivity index (χ3n) is 7.41. The minimum Gasteiger partial charge on any atom is -0.487 e. The van der Waals surface area contributed by atoms with Crippen LogP contribution in [0.15, 0.2) is 54.6 Å². The van der Waals surface area contributed by atoms with Crippen LogP contribution >= 0.6 is 0 Å². The summed E-state index contributed by atoms with van der Waals surface area (Å²) in [4.78, 5) is 12.9. The van der Waals surface area contributed by atoms with Gasteiger partial charge in [0.15, 0.2) is 0 Å². The molecule has 0 bridgehead atoms. The number of carbonyl (C=O) groups excluding carboxylic acids is 1. The number of esters is 1. The van der Waals surface area contributed by atoms with Gasteiger partial charge in [-0.15, -0.1) is 0 Å². The van der Waals surface area contributed by atoms with E-state index in [1.54, 1.807) is 0 Å². The normalized spacial score (nSPS) is 13.2. The van der Waals surface area contributed by atoms with Crippen LogP contribution in [-0.4, -0.2) is 43.8 Å². The third-order valence-corrected chi connectivity index (χ3v) is 7.41. The Kier molecular flexibility index (Phi) is 15.1. The van der Waals surface area contributed by atoms with Crippen molar-refractivity contribution in [3.8, 4) is 5.75 Å². The molecule has 212 valence electrons. The molecule has 38 heavy (non-hydrogen) atoms. The summed E-state index contributed by atoms with van der Waals surface area (Å²) in [7, 11) is 4.36. The van der Waals surface area contributed by atoms with E-state index in [2.05, 4.69) is 83.4 Å². The summed E-state index contributed by atoms with van der Waals surface area (Å²) in [5.74, 6) is 0.608. The van der Waals surface area contributed by atoms with Gasteiger partial charge in [-0.3, -0.25) is 4.79 Å². The number of ether oxygens (including phenoxy) is 2. The molecule has 0 saturated carbocycles. The van der Waals surface area contributed by atoms with Crippen LogP contribution in [-0.2, 0) is 22.5 Å². The largest absolute Gasteiger partial charge is 0.487 e. The fourth-order valence-electron chi connectivity index (χ4n) is 5.03. The van der Waals surface area contributed by atoms with E-state index in [4.69, 9.17) is 9.47 Å². The van der Waals surface area contributed by atoms with Gasteiger partial charge in [-0.1, -0.05) is 108 Å². The molecule has 0 saturated heterocycles. The Morgan fingerprint density at radius 3 is 2.00 bits per heavy atom. The van der Waals surface area contributed by atoms with Crippen molar-refractivity contribution in [2.24, 2.45) is 5.92 Å². The first-order valence-corrected chi connectivity index (χ1v) is 15.1. The molecular formula is C34H54NO3+. The first-order chi connectivity index (χ1) is 18.4. The van der Waals surface area contributed by atoms with E-state index in [1.807, 2.05) is 6.07 Å². The summed E-state index contributed by atoms with van der Waals surface area (Å²) >= 11 is 0. The maximum atomic E-state index is 12.9. The van der Waals surface area contributed by atoms with E-state index in [9.17, 15) is 4.79 Å². The molecule has 0 aliphatic heterocycles. The molecule has 0 spiro atoms. The van der Waals surface area contributed by atoms with Crippen molar-refractivity contribution in [3.63, 3.8) is 0 Å². The highest BCUT2D eigenvalue weighted by Crippen LogP contribution is 2.19.